The molecule has 0 bridgehead atoms. The molecule has 0 aromatic carbocycles. The monoisotopic (exact) mass is 249 g/mol. The van der Waals surface area contributed by atoms with Gasteiger partial charge in [-0.1, -0.05) is 0 Å². The van der Waals surface area contributed by atoms with E-state index >= 15 is 0 Å². The normalized spacial score (nSPS) is 12.2. The summed E-state index contributed by atoms with van der Waals surface area (Å²) in [5.41, 5.74) is 3.69. The Bertz CT molecular complexity index is 536. The summed E-state index contributed by atoms with van der Waals surface area (Å²) in [5, 5.41) is 0. The van der Waals surface area contributed by atoms with Crippen molar-refractivity contribution in [2.45, 2.75) is 6.04 Å². The number of halogens is 1. The van der Waals surface area contributed by atoms with Gasteiger partial charge >= 0.3 is 0 Å². The van der Waals surface area contributed by atoms with Gasteiger partial charge in [0.25, 0.3) is 0 Å². The van der Waals surface area contributed by atoms with Crippen molar-refractivity contribution >= 4 is 0 Å². The van der Waals surface area contributed by atoms with Crippen molar-refractivity contribution in [2.24, 2.45) is 5.84 Å². The third-order valence-electron chi connectivity index (χ3n) is 2.39. The highest BCUT2D eigenvalue weighted by atomic mass is 19.1. The number of hydrazine groups is 1. The van der Waals surface area contributed by atoms with Crippen molar-refractivity contribution in [3.63, 3.8) is 0 Å². The highest BCUT2D eigenvalue weighted by Crippen LogP contribution is 2.21. The Labute approximate surface area is 103 Å². The van der Waals surface area contributed by atoms with Gasteiger partial charge in [0.1, 0.15) is 12.1 Å². The molecule has 0 saturated heterocycles. The lowest BCUT2D eigenvalue weighted by molar-refractivity contribution is 0.395. The second-order valence-corrected chi connectivity index (χ2v) is 3.52. The lowest BCUT2D eigenvalue weighted by atomic mass is 10.1. The van der Waals surface area contributed by atoms with Crippen LogP contribution < -0.4 is 16.0 Å². The molecule has 0 amide bonds. The van der Waals surface area contributed by atoms with Gasteiger partial charge in [-0.3, -0.25) is 10.8 Å². The van der Waals surface area contributed by atoms with Crippen molar-refractivity contribution in [1.82, 2.24) is 20.4 Å². The third-order valence-corrected chi connectivity index (χ3v) is 2.39. The van der Waals surface area contributed by atoms with E-state index in [2.05, 4.69) is 20.4 Å². The van der Waals surface area contributed by atoms with Crippen LogP contribution in [-0.4, -0.2) is 22.1 Å². The molecule has 2 heterocycles. The molecule has 6 nitrogen and oxygen atoms in total. The van der Waals surface area contributed by atoms with E-state index in [0.717, 1.165) is 6.20 Å². The number of ether oxygens (including phenoxy) is 1. The highest BCUT2D eigenvalue weighted by molar-refractivity contribution is 5.27. The summed E-state index contributed by atoms with van der Waals surface area (Å²) in [6, 6.07) is 2.48. The van der Waals surface area contributed by atoms with Gasteiger partial charge in [0.05, 0.1) is 25.0 Å². The van der Waals surface area contributed by atoms with E-state index in [1.54, 1.807) is 6.07 Å². The van der Waals surface area contributed by atoms with Crippen LogP contribution >= 0.6 is 0 Å². The maximum atomic E-state index is 13.1. The average molecular weight is 249 g/mol. The van der Waals surface area contributed by atoms with Crippen molar-refractivity contribution < 1.29 is 9.13 Å². The SMILES string of the molecule is COc1cc(C(NN)c2cncc(F)c2)ncn1. The maximum absolute atomic E-state index is 13.1. The molecule has 0 fully saturated rings. The molecular weight excluding hydrogens is 237 g/mol. The minimum atomic E-state index is -0.481. The molecular formula is C11H12FN5O. The van der Waals surface area contributed by atoms with Crippen LogP contribution in [0.1, 0.15) is 17.3 Å². The molecule has 2 aromatic heterocycles. The molecule has 0 spiro atoms. The van der Waals surface area contributed by atoms with E-state index in [1.165, 1.54) is 25.7 Å². The van der Waals surface area contributed by atoms with Crippen molar-refractivity contribution in [2.75, 3.05) is 7.11 Å². The van der Waals surface area contributed by atoms with Crippen LogP contribution in [-0.2, 0) is 0 Å². The largest absolute Gasteiger partial charge is 0.481 e. The molecule has 0 aliphatic heterocycles. The van der Waals surface area contributed by atoms with Crippen LogP contribution in [0.4, 0.5) is 4.39 Å². The molecule has 0 aliphatic rings. The number of aromatic nitrogens is 3. The Hall–Kier alpha value is -2.12. The van der Waals surface area contributed by atoms with Gasteiger partial charge in [-0.05, 0) is 11.6 Å². The molecule has 1 unspecified atom stereocenters. The predicted molar refractivity (Wildman–Crippen MR) is 61.9 cm³/mol. The number of nitrogens with zero attached hydrogens (tertiary/aromatic N) is 3. The van der Waals surface area contributed by atoms with Crippen LogP contribution in [0.25, 0.3) is 0 Å². The molecule has 0 aliphatic carbocycles. The maximum Gasteiger partial charge on any atom is 0.216 e. The van der Waals surface area contributed by atoms with Crippen LogP contribution in [0, 0.1) is 5.82 Å². The Balaban J connectivity index is 2.38. The number of pyridine rings is 1. The molecule has 0 radical (unpaired) electrons. The molecule has 1 atom stereocenters. The van der Waals surface area contributed by atoms with Gasteiger partial charge in [0, 0.05) is 12.3 Å². The lowest BCUT2D eigenvalue weighted by Gasteiger charge is -2.15. The van der Waals surface area contributed by atoms with Crippen LogP contribution in [0.5, 0.6) is 5.88 Å². The molecule has 0 saturated carbocycles. The smallest absolute Gasteiger partial charge is 0.216 e. The average Bonchev–Trinajstić information content (AvgIpc) is 2.40. The number of hydrogen-bond acceptors (Lipinski definition) is 6. The molecule has 2 aromatic rings. The molecule has 94 valence electrons. The fourth-order valence-corrected chi connectivity index (χ4v) is 1.56. The van der Waals surface area contributed by atoms with E-state index in [4.69, 9.17) is 10.6 Å². The second-order valence-electron chi connectivity index (χ2n) is 3.52. The van der Waals surface area contributed by atoms with Gasteiger partial charge in [-0.2, -0.15) is 0 Å². The first-order valence-electron chi connectivity index (χ1n) is 5.17. The van der Waals surface area contributed by atoms with Crippen LogP contribution in [0.15, 0.2) is 30.9 Å². The number of nitrogens with one attached hydrogen (secondary N) is 1. The fraction of sp³-hybridized carbons (Fsp3) is 0.182. The van der Waals surface area contributed by atoms with Crippen molar-refractivity contribution in [3.05, 3.63) is 47.9 Å². The van der Waals surface area contributed by atoms with Crippen molar-refractivity contribution in [3.8, 4) is 5.88 Å². The molecule has 18 heavy (non-hydrogen) atoms. The Morgan fingerprint density at radius 2 is 2.17 bits per heavy atom. The van der Waals surface area contributed by atoms with E-state index in [0.29, 0.717) is 17.1 Å². The van der Waals surface area contributed by atoms with E-state index < -0.39 is 11.9 Å². The van der Waals surface area contributed by atoms with Crippen LogP contribution in [0.2, 0.25) is 0 Å². The Morgan fingerprint density at radius 1 is 1.33 bits per heavy atom. The van der Waals surface area contributed by atoms with Gasteiger partial charge in [0.15, 0.2) is 0 Å². The lowest BCUT2D eigenvalue weighted by Crippen LogP contribution is -2.29. The third kappa shape index (κ3) is 2.58. The summed E-state index contributed by atoms with van der Waals surface area (Å²) >= 11 is 0. The first-order valence-corrected chi connectivity index (χ1v) is 5.17. The highest BCUT2D eigenvalue weighted by Gasteiger charge is 2.16. The summed E-state index contributed by atoms with van der Waals surface area (Å²) in [7, 11) is 1.50. The number of methoxy groups -OCH3 is 1. The Kier molecular flexibility index (Phi) is 3.75. The fourth-order valence-electron chi connectivity index (χ4n) is 1.56. The Morgan fingerprint density at radius 3 is 2.83 bits per heavy atom. The van der Waals surface area contributed by atoms with E-state index in [9.17, 15) is 4.39 Å². The standard InChI is InChI=1S/C11H12FN5O/c1-18-10-3-9(15-6-16-10)11(17-13)7-2-8(12)5-14-4-7/h2-6,11,17H,13H2,1H3. The quantitative estimate of drug-likeness (QED) is 0.608. The summed E-state index contributed by atoms with van der Waals surface area (Å²) in [5.74, 6) is 5.45. The van der Waals surface area contributed by atoms with E-state index in [-0.39, 0.29) is 0 Å². The minimum absolute atomic E-state index is 0.407. The number of nitrogens with two attached hydrogens (primary N) is 1. The number of rotatable bonds is 4. The minimum Gasteiger partial charge on any atom is -0.481 e. The zero-order chi connectivity index (χ0) is 13.0. The van der Waals surface area contributed by atoms with Gasteiger partial charge < -0.3 is 4.74 Å². The first kappa shape index (κ1) is 12.3. The van der Waals surface area contributed by atoms with E-state index in [1.807, 2.05) is 0 Å². The molecule has 7 heteroatoms. The summed E-state index contributed by atoms with van der Waals surface area (Å²) in [6.45, 7) is 0. The number of hydrogen-bond donors (Lipinski definition) is 2. The van der Waals surface area contributed by atoms with Crippen LogP contribution in [0.3, 0.4) is 0 Å². The topological polar surface area (TPSA) is 86.0 Å². The second kappa shape index (κ2) is 5.48. The zero-order valence-corrected chi connectivity index (χ0v) is 9.67. The van der Waals surface area contributed by atoms with Crippen molar-refractivity contribution in [1.29, 1.82) is 0 Å². The molecule has 3 N–H and O–H groups in total. The van der Waals surface area contributed by atoms with Gasteiger partial charge in [-0.15, -0.1) is 0 Å². The van der Waals surface area contributed by atoms with Gasteiger partial charge in [0.2, 0.25) is 5.88 Å². The summed E-state index contributed by atoms with van der Waals surface area (Å²) in [4.78, 5) is 11.8. The van der Waals surface area contributed by atoms with Gasteiger partial charge in [-0.25, -0.2) is 19.8 Å². The summed E-state index contributed by atoms with van der Waals surface area (Å²) in [6.07, 6.45) is 3.99. The molecule has 2 rings (SSSR count). The summed E-state index contributed by atoms with van der Waals surface area (Å²) < 4.78 is 18.1. The zero-order valence-electron chi connectivity index (χ0n) is 9.67. The predicted octanol–water partition coefficient (Wildman–Crippen LogP) is 0.572. The first-order chi connectivity index (χ1) is 8.74.